The first-order valence-corrected chi connectivity index (χ1v) is 6.34. The van der Waals surface area contributed by atoms with Gasteiger partial charge in [-0.05, 0) is 37.8 Å². The number of allylic oxidation sites excluding steroid dienone is 4. The van der Waals surface area contributed by atoms with Crippen molar-refractivity contribution in [1.29, 1.82) is 0 Å². The van der Waals surface area contributed by atoms with Crippen LogP contribution in [0.3, 0.4) is 0 Å². The van der Waals surface area contributed by atoms with Crippen molar-refractivity contribution in [3.63, 3.8) is 0 Å². The smallest absolute Gasteiger partial charge is 0.0995 e. The van der Waals surface area contributed by atoms with Crippen LogP contribution < -0.4 is 0 Å². The van der Waals surface area contributed by atoms with Gasteiger partial charge in [0.1, 0.15) is 0 Å². The van der Waals surface area contributed by atoms with Gasteiger partial charge in [0, 0.05) is 12.8 Å². The Hall–Kier alpha value is -0.720. The molecule has 0 aliphatic rings. The van der Waals surface area contributed by atoms with Crippen molar-refractivity contribution in [2.45, 2.75) is 66.2 Å². The monoisotopic (exact) mass is 210 g/mol. The van der Waals surface area contributed by atoms with Gasteiger partial charge < -0.3 is 4.74 Å². The van der Waals surface area contributed by atoms with Gasteiger partial charge in [0.25, 0.3) is 0 Å². The highest BCUT2D eigenvalue weighted by Gasteiger charge is 2.01. The second-order valence-corrected chi connectivity index (χ2v) is 3.76. The number of hydrogen-bond acceptors (Lipinski definition) is 1. The van der Waals surface area contributed by atoms with Crippen molar-refractivity contribution < 1.29 is 4.74 Å². The van der Waals surface area contributed by atoms with E-state index in [2.05, 4.69) is 39.8 Å². The Labute approximate surface area is 95.2 Å². The fourth-order valence-electron chi connectivity index (χ4n) is 1.51. The molecular weight excluding hydrogens is 184 g/mol. The summed E-state index contributed by atoms with van der Waals surface area (Å²) < 4.78 is 5.93. The topological polar surface area (TPSA) is 9.23 Å². The lowest BCUT2D eigenvalue weighted by Crippen LogP contribution is -1.94. The first kappa shape index (κ1) is 14.3. The molecule has 0 heterocycles. The van der Waals surface area contributed by atoms with E-state index in [0.717, 1.165) is 50.0 Å². The molecule has 0 aliphatic carbocycles. The molecule has 0 saturated carbocycles. The maximum Gasteiger partial charge on any atom is 0.0995 e. The molecule has 0 spiro atoms. The van der Waals surface area contributed by atoms with E-state index in [0.29, 0.717) is 0 Å². The normalized spacial score (nSPS) is 13.1. The average molecular weight is 210 g/mol. The van der Waals surface area contributed by atoms with Crippen LogP contribution in [0.4, 0.5) is 0 Å². The van der Waals surface area contributed by atoms with Gasteiger partial charge in [0.2, 0.25) is 0 Å². The van der Waals surface area contributed by atoms with E-state index in [-0.39, 0.29) is 0 Å². The standard InChI is InChI=1S/C14H26O/c1-5-9-13(10-6-2)15-14(11-7-3)12-8-4/h9,11H,5-8,10,12H2,1-4H3. The van der Waals surface area contributed by atoms with Crippen molar-refractivity contribution in [3.8, 4) is 0 Å². The third kappa shape index (κ3) is 7.24. The number of ether oxygens (including phenoxy) is 1. The highest BCUT2D eigenvalue weighted by atomic mass is 16.5. The Morgan fingerprint density at radius 3 is 1.47 bits per heavy atom. The number of rotatable bonds is 8. The summed E-state index contributed by atoms with van der Waals surface area (Å²) in [5.41, 5.74) is 0. The average Bonchev–Trinajstić information content (AvgIpc) is 2.19. The minimum absolute atomic E-state index is 1.05. The highest BCUT2D eigenvalue weighted by Crippen LogP contribution is 2.17. The van der Waals surface area contributed by atoms with Crippen LogP contribution in [0.15, 0.2) is 23.7 Å². The van der Waals surface area contributed by atoms with E-state index in [1.165, 1.54) is 0 Å². The van der Waals surface area contributed by atoms with Crippen LogP contribution in [0.2, 0.25) is 0 Å². The van der Waals surface area contributed by atoms with Crippen LogP contribution in [0.5, 0.6) is 0 Å². The maximum atomic E-state index is 5.93. The predicted octanol–water partition coefficient (Wildman–Crippen LogP) is 5.19. The molecule has 0 bridgehead atoms. The lowest BCUT2D eigenvalue weighted by Gasteiger charge is -2.12. The lowest BCUT2D eigenvalue weighted by molar-refractivity contribution is 0.272. The van der Waals surface area contributed by atoms with Crippen LogP contribution in [0, 0.1) is 0 Å². The molecule has 0 amide bonds. The molecule has 0 saturated heterocycles. The Kier molecular flexibility index (Phi) is 9.35. The van der Waals surface area contributed by atoms with E-state index < -0.39 is 0 Å². The summed E-state index contributed by atoms with van der Waals surface area (Å²) in [4.78, 5) is 0. The Morgan fingerprint density at radius 1 is 0.800 bits per heavy atom. The molecule has 1 nitrogen and oxygen atoms in total. The van der Waals surface area contributed by atoms with Gasteiger partial charge >= 0.3 is 0 Å². The van der Waals surface area contributed by atoms with Gasteiger partial charge in [-0.1, -0.05) is 27.7 Å². The molecule has 1 heteroatoms. The summed E-state index contributed by atoms with van der Waals surface area (Å²) in [6, 6.07) is 0. The summed E-state index contributed by atoms with van der Waals surface area (Å²) in [5, 5.41) is 0. The van der Waals surface area contributed by atoms with Crippen molar-refractivity contribution in [1.82, 2.24) is 0 Å². The molecule has 0 aliphatic heterocycles. The third-order valence-corrected chi connectivity index (χ3v) is 2.12. The van der Waals surface area contributed by atoms with E-state index in [1.807, 2.05) is 0 Å². The highest BCUT2D eigenvalue weighted by molar-refractivity contribution is 5.01. The first-order valence-electron chi connectivity index (χ1n) is 6.34. The minimum Gasteiger partial charge on any atom is -0.467 e. The second-order valence-electron chi connectivity index (χ2n) is 3.76. The zero-order valence-electron chi connectivity index (χ0n) is 10.8. The maximum absolute atomic E-state index is 5.93. The van der Waals surface area contributed by atoms with E-state index in [9.17, 15) is 0 Å². The molecular formula is C14H26O. The fraction of sp³-hybridized carbons (Fsp3) is 0.714. The van der Waals surface area contributed by atoms with Gasteiger partial charge in [-0.3, -0.25) is 0 Å². The van der Waals surface area contributed by atoms with Crippen molar-refractivity contribution in [2.75, 3.05) is 0 Å². The summed E-state index contributed by atoms with van der Waals surface area (Å²) in [7, 11) is 0. The second kappa shape index (κ2) is 9.82. The quantitative estimate of drug-likeness (QED) is 0.501. The van der Waals surface area contributed by atoms with Crippen LogP contribution in [-0.2, 0) is 4.74 Å². The van der Waals surface area contributed by atoms with E-state index in [4.69, 9.17) is 4.74 Å². The van der Waals surface area contributed by atoms with Crippen molar-refractivity contribution in [3.05, 3.63) is 23.7 Å². The van der Waals surface area contributed by atoms with E-state index in [1.54, 1.807) is 0 Å². The van der Waals surface area contributed by atoms with Crippen molar-refractivity contribution >= 4 is 0 Å². The fourth-order valence-corrected chi connectivity index (χ4v) is 1.51. The summed E-state index contributed by atoms with van der Waals surface area (Å²) >= 11 is 0. The summed E-state index contributed by atoms with van der Waals surface area (Å²) in [5.74, 6) is 2.29. The molecule has 88 valence electrons. The third-order valence-electron chi connectivity index (χ3n) is 2.12. The summed E-state index contributed by atoms with van der Waals surface area (Å²) in [6.45, 7) is 8.69. The minimum atomic E-state index is 1.05. The van der Waals surface area contributed by atoms with Crippen molar-refractivity contribution in [2.24, 2.45) is 0 Å². The van der Waals surface area contributed by atoms with E-state index >= 15 is 0 Å². The Balaban J connectivity index is 4.32. The Bertz CT molecular complexity index is 179. The zero-order valence-corrected chi connectivity index (χ0v) is 10.8. The van der Waals surface area contributed by atoms with Gasteiger partial charge in [0.15, 0.2) is 0 Å². The van der Waals surface area contributed by atoms with Crippen LogP contribution in [-0.4, -0.2) is 0 Å². The largest absolute Gasteiger partial charge is 0.467 e. The molecule has 0 fully saturated rings. The van der Waals surface area contributed by atoms with Gasteiger partial charge in [-0.25, -0.2) is 0 Å². The lowest BCUT2D eigenvalue weighted by atomic mass is 10.2. The molecule has 0 aromatic heterocycles. The molecule has 15 heavy (non-hydrogen) atoms. The van der Waals surface area contributed by atoms with Gasteiger partial charge in [-0.2, -0.15) is 0 Å². The molecule has 0 N–H and O–H groups in total. The molecule has 0 aromatic rings. The molecule has 0 radical (unpaired) electrons. The zero-order chi connectivity index (χ0) is 11.5. The molecule has 0 unspecified atom stereocenters. The first-order chi connectivity index (χ1) is 7.28. The van der Waals surface area contributed by atoms with Gasteiger partial charge in [-0.15, -0.1) is 0 Å². The number of hydrogen-bond donors (Lipinski definition) is 0. The van der Waals surface area contributed by atoms with Crippen LogP contribution in [0.1, 0.15) is 66.2 Å². The molecule has 0 aromatic carbocycles. The van der Waals surface area contributed by atoms with Crippen LogP contribution >= 0.6 is 0 Å². The molecule has 0 atom stereocenters. The predicted molar refractivity (Wildman–Crippen MR) is 67.6 cm³/mol. The molecule has 0 rings (SSSR count). The summed E-state index contributed by atoms with van der Waals surface area (Å²) in [6.07, 6.45) is 10.9. The van der Waals surface area contributed by atoms with Crippen LogP contribution in [0.25, 0.3) is 0 Å². The Morgan fingerprint density at radius 2 is 1.20 bits per heavy atom. The van der Waals surface area contributed by atoms with Gasteiger partial charge in [0.05, 0.1) is 11.5 Å². The SMILES string of the molecule is CCC=C(CCC)OC(=CCC)CCC.